The van der Waals surface area contributed by atoms with E-state index in [4.69, 9.17) is 9.47 Å². The molecule has 1 N–H and O–H groups in total. The molecule has 1 aliphatic rings. The zero-order chi connectivity index (χ0) is 24.0. The molecule has 6 nitrogen and oxygen atoms in total. The van der Waals surface area contributed by atoms with Crippen LogP contribution in [0, 0.1) is 5.82 Å². The molecule has 0 radical (unpaired) electrons. The van der Waals surface area contributed by atoms with Crippen LogP contribution in [0.3, 0.4) is 0 Å². The molecule has 4 aromatic rings. The van der Waals surface area contributed by atoms with Crippen molar-refractivity contribution >= 4 is 28.1 Å². The van der Waals surface area contributed by atoms with Crippen molar-refractivity contribution in [2.45, 2.75) is 6.42 Å². The minimum absolute atomic E-state index is 0.271. The van der Waals surface area contributed by atoms with Crippen molar-refractivity contribution in [1.82, 2.24) is 4.98 Å². The fourth-order valence-electron chi connectivity index (χ4n) is 4.23. The molecule has 1 aromatic heterocycles. The number of aromatic nitrogens is 1. The molecule has 0 spiro atoms. The number of carbonyl (C=O) groups excluding carboxylic acids is 1. The highest BCUT2D eigenvalue weighted by Crippen LogP contribution is 2.32. The molecular weight excluding hydrogens is 445 g/mol. The molecule has 0 bridgehead atoms. The van der Waals surface area contributed by atoms with Crippen molar-refractivity contribution < 1.29 is 18.7 Å². The van der Waals surface area contributed by atoms with E-state index in [0.29, 0.717) is 44.3 Å². The molecule has 2 heterocycles. The number of nitrogens with one attached hydrogen (secondary N) is 1. The molecule has 3 aromatic carbocycles. The van der Waals surface area contributed by atoms with E-state index in [2.05, 4.69) is 10.3 Å². The normalized spacial score (nSPS) is 13.6. The summed E-state index contributed by atoms with van der Waals surface area (Å²) in [5.74, 6) is -0.0707. The van der Waals surface area contributed by atoms with Gasteiger partial charge in [0.15, 0.2) is 0 Å². The van der Waals surface area contributed by atoms with Gasteiger partial charge in [0.25, 0.3) is 5.91 Å². The van der Waals surface area contributed by atoms with Gasteiger partial charge >= 0.3 is 0 Å². The van der Waals surface area contributed by atoms with Crippen LogP contribution >= 0.6 is 0 Å². The minimum atomic E-state index is -0.443. The summed E-state index contributed by atoms with van der Waals surface area (Å²) in [7, 11) is 0. The first-order valence-electron chi connectivity index (χ1n) is 11.7. The molecule has 0 saturated carbocycles. The smallest absolute Gasteiger partial charge is 0.255 e. The molecule has 1 saturated heterocycles. The number of hydrogen-bond acceptors (Lipinski definition) is 5. The highest BCUT2D eigenvalue weighted by atomic mass is 19.1. The molecule has 1 aliphatic heterocycles. The van der Waals surface area contributed by atoms with E-state index in [0.717, 1.165) is 28.5 Å². The molecule has 35 heavy (non-hydrogen) atoms. The number of fused-ring (bicyclic) bond motifs is 1. The monoisotopic (exact) mass is 471 g/mol. The van der Waals surface area contributed by atoms with Crippen LogP contribution in [-0.4, -0.2) is 43.8 Å². The third-order valence-corrected chi connectivity index (χ3v) is 6.02. The Balaban J connectivity index is 1.34. The lowest BCUT2D eigenvalue weighted by molar-refractivity contribution is 0.102. The van der Waals surface area contributed by atoms with Crippen LogP contribution in [-0.2, 0) is 11.2 Å². The van der Waals surface area contributed by atoms with Gasteiger partial charge in [-0.1, -0.05) is 30.3 Å². The summed E-state index contributed by atoms with van der Waals surface area (Å²) in [4.78, 5) is 19.3. The molecule has 178 valence electrons. The molecule has 1 fully saturated rings. The number of anilines is 2. The van der Waals surface area contributed by atoms with Crippen LogP contribution in [0.1, 0.15) is 15.9 Å². The zero-order valence-electron chi connectivity index (χ0n) is 19.2. The van der Waals surface area contributed by atoms with Gasteiger partial charge in [0.05, 0.1) is 19.8 Å². The predicted octanol–water partition coefficient (Wildman–Crippen LogP) is 5.08. The Morgan fingerprint density at radius 2 is 1.86 bits per heavy atom. The molecule has 0 aliphatic carbocycles. The first-order valence-corrected chi connectivity index (χ1v) is 11.7. The third-order valence-electron chi connectivity index (χ3n) is 6.02. The van der Waals surface area contributed by atoms with E-state index in [-0.39, 0.29) is 11.5 Å². The van der Waals surface area contributed by atoms with Gasteiger partial charge in [0, 0.05) is 59.6 Å². The van der Waals surface area contributed by atoms with Crippen LogP contribution in [0.5, 0.6) is 5.75 Å². The SMILES string of the molecule is O=C(Nc1ccc(OCCc2cccnc2)c2ccccc12)c1cc(F)cc(N2CCOCC2)c1. The number of pyridine rings is 1. The Morgan fingerprint density at radius 1 is 1.03 bits per heavy atom. The van der Waals surface area contributed by atoms with Crippen molar-refractivity contribution in [3.63, 3.8) is 0 Å². The van der Waals surface area contributed by atoms with Gasteiger partial charge in [-0.05, 0) is 42.0 Å². The fraction of sp³-hybridized carbons (Fsp3) is 0.214. The first-order chi connectivity index (χ1) is 17.2. The Labute approximate surface area is 203 Å². The molecule has 7 heteroatoms. The van der Waals surface area contributed by atoms with Crippen LogP contribution in [0.15, 0.2) is 79.1 Å². The summed E-state index contributed by atoms with van der Waals surface area (Å²) in [6.45, 7) is 3.01. The number of halogens is 1. The number of benzene rings is 3. The summed E-state index contributed by atoms with van der Waals surface area (Å²) in [6.07, 6.45) is 4.32. The van der Waals surface area contributed by atoms with E-state index >= 15 is 0 Å². The van der Waals surface area contributed by atoms with Crippen LogP contribution in [0.25, 0.3) is 10.8 Å². The predicted molar refractivity (Wildman–Crippen MR) is 135 cm³/mol. The quantitative estimate of drug-likeness (QED) is 0.407. The topological polar surface area (TPSA) is 63.7 Å². The molecule has 5 rings (SSSR count). The number of morpholine rings is 1. The summed E-state index contributed by atoms with van der Waals surface area (Å²) >= 11 is 0. The zero-order valence-corrected chi connectivity index (χ0v) is 19.2. The van der Waals surface area contributed by atoms with E-state index in [1.807, 2.05) is 59.6 Å². The maximum absolute atomic E-state index is 14.4. The van der Waals surface area contributed by atoms with Crippen LogP contribution < -0.4 is 15.0 Å². The number of ether oxygens (including phenoxy) is 2. The summed E-state index contributed by atoms with van der Waals surface area (Å²) in [5.41, 5.74) is 2.70. The number of nitrogens with zero attached hydrogens (tertiary/aromatic N) is 2. The second kappa shape index (κ2) is 10.5. The van der Waals surface area contributed by atoms with Gasteiger partial charge in [0.2, 0.25) is 0 Å². The van der Waals surface area contributed by atoms with Crippen LogP contribution in [0.4, 0.5) is 15.8 Å². The van der Waals surface area contributed by atoms with Crippen molar-refractivity contribution in [3.05, 3.63) is 96.1 Å². The third kappa shape index (κ3) is 5.41. The summed E-state index contributed by atoms with van der Waals surface area (Å²) < 4.78 is 25.8. The van der Waals surface area contributed by atoms with Gasteiger partial charge in [-0.2, -0.15) is 0 Å². The average Bonchev–Trinajstić information content (AvgIpc) is 2.90. The molecule has 0 unspecified atom stereocenters. The fourth-order valence-corrected chi connectivity index (χ4v) is 4.23. The van der Waals surface area contributed by atoms with Gasteiger partial charge in [-0.15, -0.1) is 0 Å². The summed E-state index contributed by atoms with van der Waals surface area (Å²) in [5, 5.41) is 4.70. The van der Waals surface area contributed by atoms with Gasteiger partial charge in [0.1, 0.15) is 11.6 Å². The number of carbonyl (C=O) groups is 1. The molecule has 0 atom stereocenters. The second-order valence-electron chi connectivity index (χ2n) is 8.37. The Bertz CT molecular complexity index is 1320. The Kier molecular flexibility index (Phi) is 6.86. The first kappa shape index (κ1) is 22.8. The Hall–Kier alpha value is -3.97. The molecule has 1 amide bonds. The lowest BCUT2D eigenvalue weighted by atomic mass is 10.1. The van der Waals surface area contributed by atoms with Gasteiger partial charge in [-0.25, -0.2) is 4.39 Å². The average molecular weight is 472 g/mol. The van der Waals surface area contributed by atoms with E-state index in [1.165, 1.54) is 12.1 Å². The van der Waals surface area contributed by atoms with Gasteiger partial charge in [-0.3, -0.25) is 9.78 Å². The van der Waals surface area contributed by atoms with Crippen molar-refractivity contribution in [2.24, 2.45) is 0 Å². The minimum Gasteiger partial charge on any atom is -0.493 e. The lowest BCUT2D eigenvalue weighted by Crippen LogP contribution is -2.36. The number of hydrogen-bond donors (Lipinski definition) is 1. The van der Waals surface area contributed by atoms with E-state index < -0.39 is 5.82 Å². The highest BCUT2D eigenvalue weighted by Gasteiger charge is 2.17. The summed E-state index contributed by atoms with van der Waals surface area (Å²) in [6, 6.07) is 19.8. The highest BCUT2D eigenvalue weighted by molar-refractivity contribution is 6.10. The van der Waals surface area contributed by atoms with Crippen molar-refractivity contribution in [2.75, 3.05) is 43.1 Å². The van der Waals surface area contributed by atoms with Gasteiger partial charge < -0.3 is 19.7 Å². The largest absolute Gasteiger partial charge is 0.493 e. The van der Waals surface area contributed by atoms with E-state index in [1.54, 1.807) is 12.3 Å². The van der Waals surface area contributed by atoms with Crippen molar-refractivity contribution in [3.8, 4) is 5.75 Å². The second-order valence-corrected chi connectivity index (χ2v) is 8.37. The maximum atomic E-state index is 14.4. The lowest BCUT2D eigenvalue weighted by Gasteiger charge is -2.29. The standard InChI is InChI=1S/C28H26FN3O3/c29-22-16-21(17-23(18-22)32-11-14-34-15-12-32)28(33)31-26-7-8-27(25-6-2-1-5-24(25)26)35-13-9-20-4-3-10-30-19-20/h1-8,10,16-19H,9,11-15H2,(H,31,33). The maximum Gasteiger partial charge on any atom is 0.255 e. The van der Waals surface area contributed by atoms with Crippen molar-refractivity contribution in [1.29, 1.82) is 0 Å². The molecular formula is C28H26FN3O3. The number of rotatable bonds is 7. The van der Waals surface area contributed by atoms with Crippen LogP contribution in [0.2, 0.25) is 0 Å². The Morgan fingerprint density at radius 3 is 2.66 bits per heavy atom. The van der Waals surface area contributed by atoms with E-state index in [9.17, 15) is 9.18 Å². The number of amides is 1.